The van der Waals surface area contributed by atoms with Crippen molar-refractivity contribution in [1.82, 2.24) is 29.4 Å². The molecule has 0 spiro atoms. The van der Waals surface area contributed by atoms with Gasteiger partial charge in [0.25, 0.3) is 0 Å². The van der Waals surface area contributed by atoms with Gasteiger partial charge in [0.15, 0.2) is 5.82 Å². The second-order valence-electron chi connectivity index (χ2n) is 12.2. The maximum Gasteiger partial charge on any atom is 0.410 e. The summed E-state index contributed by atoms with van der Waals surface area (Å²) in [5.41, 5.74) is 6.70. The summed E-state index contributed by atoms with van der Waals surface area (Å²) in [6.07, 6.45) is 6.04. The van der Waals surface area contributed by atoms with E-state index in [9.17, 15) is 9.18 Å². The molecule has 1 amide bonds. The maximum atomic E-state index is 14.8. The van der Waals surface area contributed by atoms with Crippen LogP contribution in [0.5, 0.6) is 0 Å². The van der Waals surface area contributed by atoms with E-state index in [0.29, 0.717) is 42.6 Å². The molecule has 2 N–H and O–H groups in total. The van der Waals surface area contributed by atoms with Gasteiger partial charge in [0, 0.05) is 32.9 Å². The van der Waals surface area contributed by atoms with Gasteiger partial charge < -0.3 is 25.0 Å². The van der Waals surface area contributed by atoms with Crippen LogP contribution in [0.2, 0.25) is 0 Å². The molecule has 1 atom stereocenters. The van der Waals surface area contributed by atoms with Gasteiger partial charge in [0.1, 0.15) is 23.2 Å². The zero-order valence-electron chi connectivity index (χ0n) is 23.6. The van der Waals surface area contributed by atoms with E-state index in [1.807, 2.05) is 26.8 Å². The van der Waals surface area contributed by atoms with Crippen molar-refractivity contribution in [3.8, 4) is 11.4 Å². The Morgan fingerprint density at radius 1 is 1.23 bits per heavy atom. The highest BCUT2D eigenvalue weighted by atomic mass is 19.1. The molecule has 0 saturated carbocycles. The van der Waals surface area contributed by atoms with Crippen LogP contribution in [-0.4, -0.2) is 79.6 Å². The minimum Gasteiger partial charge on any atom is -0.444 e. The zero-order valence-corrected chi connectivity index (χ0v) is 23.6. The molecule has 2 aliphatic heterocycles. The maximum absolute atomic E-state index is 14.8. The topological polar surface area (TPSA) is 117 Å². The third kappa shape index (κ3) is 5.80. The summed E-state index contributed by atoms with van der Waals surface area (Å²) in [7, 11) is 1.74. The van der Waals surface area contributed by atoms with E-state index in [4.69, 9.17) is 25.4 Å². The van der Waals surface area contributed by atoms with Crippen LogP contribution in [-0.2, 0) is 16.0 Å². The third-order valence-electron chi connectivity index (χ3n) is 6.99. The number of hydrogen-bond donors (Lipinski definition) is 1. The first-order chi connectivity index (χ1) is 18.3. The minimum atomic E-state index is -1.48. The molecule has 2 fully saturated rings. The van der Waals surface area contributed by atoms with Crippen molar-refractivity contribution in [2.24, 2.45) is 0 Å². The van der Waals surface area contributed by atoms with Crippen LogP contribution in [0.15, 0.2) is 18.5 Å². The highest BCUT2D eigenvalue weighted by molar-refractivity contribution is 5.93. The molecule has 0 aromatic carbocycles. The van der Waals surface area contributed by atoms with Crippen LogP contribution in [0.25, 0.3) is 22.3 Å². The number of nitrogen functional groups attached to an aromatic ring is 1. The first-order valence-electron chi connectivity index (χ1n) is 13.5. The van der Waals surface area contributed by atoms with Crippen LogP contribution in [0.1, 0.15) is 60.1 Å². The summed E-state index contributed by atoms with van der Waals surface area (Å²) in [6.45, 7) is 10.5. The first kappa shape index (κ1) is 27.2. The van der Waals surface area contributed by atoms with Crippen molar-refractivity contribution in [3.05, 3.63) is 18.5 Å². The number of alkyl halides is 1. The van der Waals surface area contributed by atoms with Crippen molar-refractivity contribution in [2.45, 2.75) is 84.0 Å². The van der Waals surface area contributed by atoms with Gasteiger partial charge in [-0.25, -0.2) is 13.9 Å². The number of amides is 1. The number of fused-ring (bicyclic) bond motifs is 1. The standard InChI is InChI=1S/C27H39FN8O3/c1-26(2,3)39-25(37)33(6)17-13-34(14-17)24-18-12-30-20(11-21(18)36(32-24)16-27(4,5)28)23-19(29)15-35(31-23)22-9-7-8-10-38-22/h11-12,15,17,22H,7-10,13-14,16,29H2,1-6H3. The van der Waals surface area contributed by atoms with E-state index >= 15 is 0 Å². The largest absolute Gasteiger partial charge is 0.444 e. The summed E-state index contributed by atoms with van der Waals surface area (Å²) in [4.78, 5) is 20.9. The summed E-state index contributed by atoms with van der Waals surface area (Å²) < 4.78 is 29.6. The van der Waals surface area contributed by atoms with Crippen molar-refractivity contribution in [2.75, 3.05) is 37.4 Å². The van der Waals surface area contributed by atoms with E-state index in [1.54, 1.807) is 33.7 Å². The lowest BCUT2D eigenvalue weighted by molar-refractivity contribution is -0.0393. The number of hydrogen-bond acceptors (Lipinski definition) is 8. The van der Waals surface area contributed by atoms with Gasteiger partial charge >= 0.3 is 6.09 Å². The summed E-state index contributed by atoms with van der Waals surface area (Å²) >= 11 is 0. The lowest BCUT2D eigenvalue weighted by atomic mass is 10.1. The van der Waals surface area contributed by atoms with Gasteiger partial charge in [0.2, 0.25) is 0 Å². The molecule has 212 valence electrons. The van der Waals surface area contributed by atoms with Crippen molar-refractivity contribution < 1.29 is 18.7 Å². The number of anilines is 2. The van der Waals surface area contributed by atoms with Gasteiger partial charge in [-0.15, -0.1) is 0 Å². The number of nitrogens with two attached hydrogens (primary N) is 1. The van der Waals surface area contributed by atoms with E-state index in [-0.39, 0.29) is 24.9 Å². The SMILES string of the molecule is CN(C(=O)OC(C)(C)C)C1CN(c2nn(CC(C)(C)F)c3cc(-c4nn(C5CCCCO5)cc4N)ncc23)C1. The van der Waals surface area contributed by atoms with Gasteiger partial charge in [-0.2, -0.15) is 10.2 Å². The second kappa shape index (κ2) is 9.96. The molecule has 3 aromatic rings. The molecule has 3 aromatic heterocycles. The monoisotopic (exact) mass is 542 g/mol. The van der Waals surface area contributed by atoms with E-state index in [1.165, 1.54) is 13.8 Å². The van der Waals surface area contributed by atoms with Gasteiger partial charge in [-0.1, -0.05) is 0 Å². The highest BCUT2D eigenvalue weighted by Gasteiger charge is 2.37. The molecule has 0 aliphatic carbocycles. The number of nitrogens with zero attached hydrogens (tertiary/aromatic N) is 7. The van der Waals surface area contributed by atoms with Crippen molar-refractivity contribution in [1.29, 1.82) is 0 Å². The molecule has 12 heteroatoms. The van der Waals surface area contributed by atoms with Gasteiger partial charge in [0.05, 0.1) is 41.1 Å². The van der Waals surface area contributed by atoms with Gasteiger partial charge in [-0.3, -0.25) is 9.67 Å². The number of rotatable bonds is 6. The number of ether oxygens (including phenoxy) is 2. The minimum absolute atomic E-state index is 0.0179. The Kier molecular flexibility index (Phi) is 6.94. The first-order valence-corrected chi connectivity index (χ1v) is 13.5. The molecule has 0 radical (unpaired) electrons. The fourth-order valence-electron chi connectivity index (χ4n) is 4.93. The van der Waals surface area contributed by atoms with Crippen molar-refractivity contribution >= 4 is 28.5 Å². The molecule has 39 heavy (non-hydrogen) atoms. The molecule has 5 rings (SSSR count). The Bertz CT molecular complexity index is 1340. The molecular weight excluding hydrogens is 503 g/mol. The quantitative estimate of drug-likeness (QED) is 0.488. The summed E-state index contributed by atoms with van der Waals surface area (Å²) in [6, 6.07) is 1.85. The summed E-state index contributed by atoms with van der Waals surface area (Å²) in [5, 5.41) is 10.3. The smallest absolute Gasteiger partial charge is 0.410 e. The van der Waals surface area contributed by atoms with E-state index in [0.717, 1.165) is 30.2 Å². The van der Waals surface area contributed by atoms with Crippen LogP contribution < -0.4 is 10.6 Å². The lowest BCUT2D eigenvalue weighted by Gasteiger charge is -2.44. The Morgan fingerprint density at radius 2 is 1.97 bits per heavy atom. The molecule has 11 nitrogen and oxygen atoms in total. The zero-order chi connectivity index (χ0) is 28.1. The molecule has 0 bridgehead atoms. The number of aromatic nitrogens is 5. The predicted octanol–water partition coefficient (Wildman–Crippen LogP) is 4.38. The third-order valence-corrected chi connectivity index (χ3v) is 6.99. The highest BCUT2D eigenvalue weighted by Crippen LogP contribution is 2.35. The molecule has 1 unspecified atom stereocenters. The Balaban J connectivity index is 1.42. The van der Waals surface area contributed by atoms with Crippen LogP contribution in [0.3, 0.4) is 0 Å². The number of likely N-dealkylation sites (N-methyl/N-ethyl adjacent to an activating group) is 1. The molecule has 2 aliphatic rings. The number of halogens is 1. The van der Waals surface area contributed by atoms with Gasteiger partial charge in [-0.05, 0) is 59.9 Å². The van der Waals surface area contributed by atoms with Crippen LogP contribution in [0.4, 0.5) is 20.7 Å². The predicted molar refractivity (Wildman–Crippen MR) is 147 cm³/mol. The fraction of sp³-hybridized carbons (Fsp3) is 0.630. The fourth-order valence-corrected chi connectivity index (χ4v) is 4.93. The second-order valence-corrected chi connectivity index (χ2v) is 12.2. The van der Waals surface area contributed by atoms with E-state index in [2.05, 4.69) is 9.88 Å². The molecule has 5 heterocycles. The number of pyridine rings is 1. The molecule has 2 saturated heterocycles. The summed E-state index contributed by atoms with van der Waals surface area (Å²) in [5.74, 6) is 0.705. The lowest BCUT2D eigenvalue weighted by Crippen LogP contribution is -2.60. The van der Waals surface area contributed by atoms with Crippen LogP contribution >= 0.6 is 0 Å². The van der Waals surface area contributed by atoms with E-state index < -0.39 is 11.3 Å². The average Bonchev–Trinajstić information content (AvgIpc) is 3.37. The van der Waals surface area contributed by atoms with Crippen LogP contribution in [0, 0.1) is 0 Å². The Hall–Kier alpha value is -3.41. The Labute approximate surface area is 228 Å². The molecular formula is C27H39FN8O3. The van der Waals surface area contributed by atoms with Crippen molar-refractivity contribution in [3.63, 3.8) is 0 Å². The number of carbonyl (C=O) groups excluding carboxylic acids is 1. The normalized spacial score (nSPS) is 18.8. The Morgan fingerprint density at radius 3 is 2.62 bits per heavy atom. The average molecular weight is 543 g/mol. The number of carbonyl (C=O) groups is 1.